The standard InChI is InChI=1S/2C15H16O4.2H3N/c2*1-2-3-5-9-6-4-7-10-13(9)12(16)8-11(14(10)17)15(18)19;;/h2*4,6-8,16-17H,2-3,5H2,1H3,(H,18,19);2*1H3. The fourth-order valence-corrected chi connectivity index (χ4v) is 4.49. The monoisotopic (exact) mass is 554 g/mol. The minimum absolute atomic E-state index is 0. The quantitative estimate of drug-likeness (QED) is 0.149. The van der Waals surface area contributed by atoms with Crippen LogP contribution in [0.1, 0.15) is 71.4 Å². The third-order valence-electron chi connectivity index (χ3n) is 6.41. The Morgan fingerprint density at radius 3 is 1.32 bits per heavy atom. The molecule has 0 amide bonds. The van der Waals surface area contributed by atoms with E-state index in [0.29, 0.717) is 10.8 Å². The van der Waals surface area contributed by atoms with E-state index in [1.807, 2.05) is 12.1 Å². The maximum absolute atomic E-state index is 12.1. The van der Waals surface area contributed by atoms with Gasteiger partial charge in [-0.2, -0.15) is 0 Å². The second-order valence-corrected chi connectivity index (χ2v) is 9.04. The number of aromatic carboxylic acids is 2. The van der Waals surface area contributed by atoms with E-state index in [-0.39, 0.29) is 34.6 Å². The van der Waals surface area contributed by atoms with Gasteiger partial charge in [-0.05, 0) is 59.7 Å². The van der Waals surface area contributed by atoms with Gasteiger partial charge in [0.2, 0.25) is 0 Å². The number of hydrogen-bond donors (Lipinski definition) is 6. The van der Waals surface area contributed by atoms with Gasteiger partial charge in [0.15, 0.2) is 0 Å². The highest BCUT2D eigenvalue weighted by Gasteiger charge is 2.14. The zero-order chi connectivity index (χ0) is 28.0. The molecule has 4 aromatic rings. The van der Waals surface area contributed by atoms with E-state index in [9.17, 15) is 30.0 Å². The van der Waals surface area contributed by atoms with Gasteiger partial charge in [-0.1, -0.05) is 74.6 Å². The Labute approximate surface area is 232 Å². The molecule has 10 heteroatoms. The summed E-state index contributed by atoms with van der Waals surface area (Å²) in [5.41, 5.74) is 0.979. The number of carboxylic acids is 2. The van der Waals surface area contributed by atoms with Crippen LogP contribution in [0.4, 0.5) is 0 Å². The number of unbranched alkanes of at least 4 members (excludes halogenated alkanes) is 2. The molecule has 0 aliphatic heterocycles. The summed E-state index contributed by atoms with van der Waals surface area (Å²) in [5.74, 6) is -4.00. The largest absolute Gasteiger partial charge is 0.871 e. The first kappa shape index (κ1) is 33.5. The molecule has 0 aliphatic rings. The van der Waals surface area contributed by atoms with Gasteiger partial charge >= 0.3 is 11.9 Å². The van der Waals surface area contributed by atoms with Crippen molar-refractivity contribution >= 4 is 33.5 Å². The molecule has 0 unspecified atom stereocenters. The van der Waals surface area contributed by atoms with Crippen LogP contribution in [0.2, 0.25) is 0 Å². The van der Waals surface area contributed by atoms with E-state index < -0.39 is 34.6 Å². The molecule has 0 aliphatic carbocycles. The summed E-state index contributed by atoms with van der Waals surface area (Å²) in [6, 6.07) is 12.4. The average molecular weight is 555 g/mol. The van der Waals surface area contributed by atoms with Crippen molar-refractivity contribution in [2.24, 2.45) is 0 Å². The summed E-state index contributed by atoms with van der Waals surface area (Å²) in [4.78, 5) is 21.9. The van der Waals surface area contributed by atoms with E-state index in [1.165, 1.54) is 0 Å². The van der Waals surface area contributed by atoms with Crippen LogP contribution in [0.3, 0.4) is 0 Å². The number of hydrogen-bond acceptors (Lipinski definition) is 6. The maximum Gasteiger partial charge on any atom is 0.335 e. The van der Waals surface area contributed by atoms with Gasteiger partial charge in [0.05, 0.1) is 11.1 Å². The Bertz CT molecular complexity index is 1390. The molecule has 4 rings (SSSR count). The number of benzene rings is 4. The number of phenols is 2. The van der Waals surface area contributed by atoms with E-state index in [1.54, 1.807) is 24.3 Å². The number of carbonyl (C=O) groups is 2. The first-order chi connectivity index (χ1) is 18.1. The molecule has 0 bridgehead atoms. The van der Waals surface area contributed by atoms with Crippen molar-refractivity contribution in [1.82, 2.24) is 12.3 Å². The summed E-state index contributed by atoms with van der Waals surface area (Å²) in [5, 5.41) is 63.5. The van der Waals surface area contributed by atoms with Gasteiger partial charge in [-0.25, -0.2) is 9.59 Å². The van der Waals surface area contributed by atoms with Crippen molar-refractivity contribution < 1.29 is 40.2 Å². The summed E-state index contributed by atoms with van der Waals surface area (Å²) in [6.07, 6.45) is 5.44. The number of phenolic OH excluding ortho intramolecular Hbond substituents is 2. The SMILES string of the molecule is CCCCc1cccc2c([O-])c(C(=O)O)cc(O)c12.CCCCc1cccc2c([O-])c(C(=O)O)cc(O)c12.[NH4+].[NH4+]. The molecule has 4 aromatic carbocycles. The van der Waals surface area contributed by atoms with E-state index >= 15 is 0 Å². The highest BCUT2D eigenvalue weighted by atomic mass is 16.4. The lowest BCUT2D eigenvalue weighted by Gasteiger charge is -2.17. The zero-order valence-corrected chi connectivity index (χ0v) is 23.3. The Hall–Kier alpha value is -4.54. The Morgan fingerprint density at radius 1 is 0.675 bits per heavy atom. The zero-order valence-electron chi connectivity index (χ0n) is 23.3. The number of aryl methyl sites for hydroxylation is 2. The molecule has 40 heavy (non-hydrogen) atoms. The molecule has 216 valence electrons. The van der Waals surface area contributed by atoms with Crippen LogP contribution in [-0.4, -0.2) is 32.4 Å². The molecule has 0 radical (unpaired) electrons. The van der Waals surface area contributed by atoms with Crippen LogP contribution in [0, 0.1) is 0 Å². The number of quaternary nitrogens is 2. The highest BCUT2D eigenvalue weighted by molar-refractivity contribution is 6.05. The van der Waals surface area contributed by atoms with Crippen LogP contribution < -0.4 is 22.5 Å². The number of aromatic hydroxyl groups is 2. The highest BCUT2D eigenvalue weighted by Crippen LogP contribution is 2.37. The molecule has 10 nitrogen and oxygen atoms in total. The Kier molecular flexibility index (Phi) is 12.2. The van der Waals surface area contributed by atoms with Crippen LogP contribution >= 0.6 is 0 Å². The Morgan fingerprint density at radius 2 is 1.02 bits per heavy atom. The van der Waals surface area contributed by atoms with Crippen molar-refractivity contribution in [3.8, 4) is 23.0 Å². The van der Waals surface area contributed by atoms with Crippen LogP contribution in [-0.2, 0) is 12.8 Å². The average Bonchev–Trinajstić information content (AvgIpc) is 2.90. The fourth-order valence-electron chi connectivity index (χ4n) is 4.49. The summed E-state index contributed by atoms with van der Waals surface area (Å²) in [7, 11) is 0. The van der Waals surface area contributed by atoms with Crippen molar-refractivity contribution in [3.05, 3.63) is 70.8 Å². The molecule has 0 spiro atoms. The predicted octanol–water partition coefficient (Wildman–Crippen LogP) is 6.07. The van der Waals surface area contributed by atoms with Crippen molar-refractivity contribution in [2.45, 2.75) is 52.4 Å². The first-order valence-corrected chi connectivity index (χ1v) is 12.5. The van der Waals surface area contributed by atoms with Crippen molar-refractivity contribution in [2.75, 3.05) is 0 Å². The number of carboxylic acid groups (broad SMARTS) is 2. The topological polar surface area (TPSA) is 234 Å². The second kappa shape index (κ2) is 14.6. The van der Waals surface area contributed by atoms with E-state index in [0.717, 1.165) is 61.8 Å². The predicted molar refractivity (Wildman–Crippen MR) is 153 cm³/mol. The first-order valence-electron chi connectivity index (χ1n) is 12.5. The van der Waals surface area contributed by atoms with Gasteiger partial charge < -0.3 is 42.9 Å². The second-order valence-electron chi connectivity index (χ2n) is 9.04. The van der Waals surface area contributed by atoms with Crippen LogP contribution in [0.5, 0.6) is 23.0 Å². The van der Waals surface area contributed by atoms with Gasteiger partial charge in [0.1, 0.15) is 11.5 Å². The van der Waals surface area contributed by atoms with E-state index in [2.05, 4.69) is 13.8 Å². The summed E-state index contributed by atoms with van der Waals surface area (Å²) in [6.45, 7) is 4.12. The fraction of sp³-hybridized carbons (Fsp3) is 0.267. The molecular formula is C30H38N2O8. The third kappa shape index (κ3) is 6.90. The molecule has 0 heterocycles. The molecule has 12 N–H and O–H groups in total. The molecule has 0 atom stereocenters. The maximum atomic E-state index is 12.1. The van der Waals surface area contributed by atoms with Gasteiger partial charge in [0, 0.05) is 10.8 Å². The molecule has 0 fully saturated rings. The van der Waals surface area contributed by atoms with Crippen LogP contribution in [0.25, 0.3) is 21.5 Å². The van der Waals surface area contributed by atoms with Crippen molar-refractivity contribution in [3.63, 3.8) is 0 Å². The molecule has 0 saturated heterocycles. The van der Waals surface area contributed by atoms with E-state index in [4.69, 9.17) is 10.2 Å². The Balaban J connectivity index is 0.000000381. The lowest BCUT2D eigenvalue weighted by molar-refractivity contribution is -0.267. The molecule has 0 saturated carbocycles. The summed E-state index contributed by atoms with van der Waals surface area (Å²) >= 11 is 0. The van der Waals surface area contributed by atoms with Crippen LogP contribution in [0.15, 0.2) is 48.5 Å². The smallest absolute Gasteiger partial charge is 0.335 e. The number of fused-ring (bicyclic) bond motifs is 2. The van der Waals surface area contributed by atoms with Gasteiger partial charge in [0.25, 0.3) is 0 Å². The third-order valence-corrected chi connectivity index (χ3v) is 6.41. The minimum Gasteiger partial charge on any atom is -0.871 e. The lowest BCUT2D eigenvalue weighted by Crippen LogP contribution is -2.05. The molecule has 0 aromatic heterocycles. The van der Waals surface area contributed by atoms with Crippen molar-refractivity contribution in [1.29, 1.82) is 0 Å². The lowest BCUT2D eigenvalue weighted by atomic mass is 9.96. The van der Waals surface area contributed by atoms with Gasteiger partial charge in [-0.15, -0.1) is 0 Å². The normalized spacial score (nSPS) is 10.2. The minimum atomic E-state index is -1.32. The molecular weight excluding hydrogens is 516 g/mol. The number of rotatable bonds is 8. The summed E-state index contributed by atoms with van der Waals surface area (Å²) < 4.78 is 0. The van der Waals surface area contributed by atoms with Gasteiger partial charge in [-0.3, -0.25) is 0 Å².